The molecule has 0 aliphatic heterocycles. The first-order valence-electron chi connectivity index (χ1n) is 7.40. The van der Waals surface area contributed by atoms with E-state index in [1.807, 2.05) is 24.3 Å². The number of fused-ring (bicyclic) bond motifs is 1. The molecule has 0 saturated heterocycles. The molecular weight excluding hydrogens is 404 g/mol. The Morgan fingerprint density at radius 3 is 2.92 bits per heavy atom. The van der Waals surface area contributed by atoms with Crippen molar-refractivity contribution in [3.63, 3.8) is 0 Å². The van der Waals surface area contributed by atoms with Crippen LogP contribution in [0.4, 0.5) is 0 Å². The van der Waals surface area contributed by atoms with Crippen LogP contribution in [-0.4, -0.2) is 23.7 Å². The molecule has 2 heterocycles. The number of aromatic amines is 1. The van der Waals surface area contributed by atoms with Gasteiger partial charge in [0.1, 0.15) is 17.3 Å². The number of halogens is 1. The van der Waals surface area contributed by atoms with E-state index in [9.17, 15) is 4.79 Å². The first kappa shape index (κ1) is 17.4. The fraction of sp³-hybridized carbons (Fsp3) is 0.111. The van der Waals surface area contributed by atoms with Crippen LogP contribution < -0.4 is 15.0 Å². The third-order valence-electron chi connectivity index (χ3n) is 3.37. The van der Waals surface area contributed by atoms with Crippen LogP contribution in [0, 0.1) is 0 Å². The summed E-state index contributed by atoms with van der Waals surface area (Å²) < 4.78 is 11.8. The number of thiophene rings is 1. The van der Waals surface area contributed by atoms with Gasteiger partial charge in [-0.3, -0.25) is 4.79 Å². The number of rotatable bonds is 6. The Hall–Kier alpha value is -2.38. The molecule has 7 heteroatoms. The summed E-state index contributed by atoms with van der Waals surface area (Å²) >= 11 is 4.80. The molecule has 1 N–H and O–H groups in total. The van der Waals surface area contributed by atoms with E-state index in [0.717, 1.165) is 9.35 Å². The Morgan fingerprint density at radius 2 is 2.16 bits per heavy atom. The van der Waals surface area contributed by atoms with E-state index < -0.39 is 0 Å². The summed E-state index contributed by atoms with van der Waals surface area (Å²) in [5, 5.41) is 0.583. The van der Waals surface area contributed by atoms with Crippen LogP contribution >= 0.6 is 27.3 Å². The molecule has 0 radical (unpaired) electrons. The normalized spacial score (nSPS) is 11.1. The second kappa shape index (κ2) is 7.67. The molecule has 0 bridgehead atoms. The van der Waals surface area contributed by atoms with Gasteiger partial charge in [0.05, 0.1) is 16.3 Å². The maximum atomic E-state index is 12.1. The summed E-state index contributed by atoms with van der Waals surface area (Å²) in [5.41, 5.74) is 0.746. The van der Waals surface area contributed by atoms with Gasteiger partial charge in [-0.25, -0.2) is 4.98 Å². The molecule has 0 atom stereocenters. The van der Waals surface area contributed by atoms with Crippen molar-refractivity contribution in [1.29, 1.82) is 0 Å². The van der Waals surface area contributed by atoms with Gasteiger partial charge >= 0.3 is 0 Å². The molecule has 128 valence electrons. The Labute approximate surface area is 156 Å². The van der Waals surface area contributed by atoms with Crippen molar-refractivity contribution < 1.29 is 9.47 Å². The second-order valence-electron chi connectivity index (χ2n) is 5.06. The summed E-state index contributed by atoms with van der Waals surface area (Å²) in [5.74, 6) is 1.77. The smallest absolute Gasteiger partial charge is 0.259 e. The van der Waals surface area contributed by atoms with Gasteiger partial charge < -0.3 is 14.5 Å². The zero-order valence-electron chi connectivity index (χ0n) is 13.4. The Kier molecular flexibility index (Phi) is 5.35. The number of methoxy groups -OCH3 is 1. The molecule has 0 saturated carbocycles. The van der Waals surface area contributed by atoms with Crippen molar-refractivity contribution in [2.24, 2.45) is 0 Å². The van der Waals surface area contributed by atoms with Crippen LogP contribution in [0.2, 0.25) is 0 Å². The van der Waals surface area contributed by atoms with E-state index >= 15 is 0 Å². The van der Waals surface area contributed by atoms with E-state index in [2.05, 4.69) is 32.5 Å². The lowest BCUT2D eigenvalue weighted by molar-refractivity contribution is 0.326. The van der Waals surface area contributed by atoms with E-state index in [0.29, 0.717) is 34.1 Å². The lowest BCUT2D eigenvalue weighted by Gasteiger charge is -2.09. The zero-order valence-corrected chi connectivity index (χ0v) is 15.8. The number of benzene rings is 1. The average Bonchev–Trinajstić information content (AvgIpc) is 2.99. The number of H-pyrrole nitrogens is 1. The fourth-order valence-corrected chi connectivity index (χ4v) is 3.68. The maximum Gasteiger partial charge on any atom is 0.259 e. The first-order valence-corrected chi connectivity index (χ1v) is 9.01. The summed E-state index contributed by atoms with van der Waals surface area (Å²) in [7, 11) is 1.59. The third kappa shape index (κ3) is 4.00. The SMILES string of the molecule is C=CCOc1ccc(/C=C/c2nc3sc(Br)cc3c(=O)[nH]2)cc1OC. The van der Waals surface area contributed by atoms with Crippen LogP contribution in [-0.2, 0) is 0 Å². The predicted octanol–water partition coefficient (Wildman–Crippen LogP) is 4.49. The van der Waals surface area contributed by atoms with Gasteiger partial charge in [0.2, 0.25) is 0 Å². The molecule has 1 aromatic carbocycles. The number of nitrogens with zero attached hydrogens (tertiary/aromatic N) is 1. The minimum absolute atomic E-state index is 0.155. The Bertz CT molecular complexity index is 1010. The number of nitrogens with one attached hydrogen (secondary N) is 1. The highest BCUT2D eigenvalue weighted by atomic mass is 79.9. The van der Waals surface area contributed by atoms with Gasteiger partial charge in [0.15, 0.2) is 11.5 Å². The van der Waals surface area contributed by atoms with Crippen LogP contribution in [0.5, 0.6) is 11.5 Å². The standard InChI is InChI=1S/C18H15BrN2O3S/c1-3-8-24-13-6-4-11(9-14(13)23-2)5-7-16-20-17(22)12-10-15(19)25-18(12)21-16/h3-7,9-10H,1,8H2,2H3,(H,20,21,22)/b7-5+. The molecule has 0 amide bonds. The van der Waals surface area contributed by atoms with E-state index in [-0.39, 0.29) is 5.56 Å². The van der Waals surface area contributed by atoms with Crippen molar-refractivity contribution in [3.05, 3.63) is 62.4 Å². The van der Waals surface area contributed by atoms with Gasteiger partial charge in [-0.05, 0) is 45.8 Å². The molecule has 0 unspecified atom stereocenters. The highest BCUT2D eigenvalue weighted by molar-refractivity contribution is 9.11. The van der Waals surface area contributed by atoms with E-state index in [1.54, 1.807) is 25.3 Å². The summed E-state index contributed by atoms with van der Waals surface area (Å²) in [6.07, 6.45) is 5.29. The highest BCUT2D eigenvalue weighted by Crippen LogP contribution is 2.29. The minimum atomic E-state index is -0.155. The molecule has 5 nitrogen and oxygen atoms in total. The molecule has 0 aliphatic rings. The van der Waals surface area contributed by atoms with Crippen LogP contribution in [0.3, 0.4) is 0 Å². The second-order valence-corrected chi connectivity index (χ2v) is 7.47. The summed E-state index contributed by atoms with van der Waals surface area (Å²) in [6.45, 7) is 4.04. The number of hydrogen-bond acceptors (Lipinski definition) is 5. The number of hydrogen-bond donors (Lipinski definition) is 1. The zero-order chi connectivity index (χ0) is 17.8. The largest absolute Gasteiger partial charge is 0.493 e. The van der Waals surface area contributed by atoms with Crippen LogP contribution in [0.25, 0.3) is 22.4 Å². The molecule has 0 fully saturated rings. The van der Waals surface area contributed by atoms with Gasteiger partial charge in [-0.15, -0.1) is 11.3 Å². The van der Waals surface area contributed by atoms with Gasteiger partial charge in [-0.1, -0.05) is 24.8 Å². The molecular formula is C18H15BrN2O3S. The molecule has 3 rings (SSSR count). The van der Waals surface area contributed by atoms with E-state index in [4.69, 9.17) is 9.47 Å². The summed E-state index contributed by atoms with van der Waals surface area (Å²) in [6, 6.07) is 7.35. The fourth-order valence-electron chi connectivity index (χ4n) is 2.23. The van der Waals surface area contributed by atoms with Gasteiger partial charge in [0, 0.05) is 0 Å². The molecule has 0 aliphatic carbocycles. The van der Waals surface area contributed by atoms with E-state index in [1.165, 1.54) is 11.3 Å². The quantitative estimate of drug-likeness (QED) is 0.598. The topological polar surface area (TPSA) is 64.2 Å². The monoisotopic (exact) mass is 418 g/mol. The number of ether oxygens (including phenoxy) is 2. The van der Waals surface area contributed by atoms with Crippen LogP contribution in [0.15, 0.2) is 45.5 Å². The number of aromatic nitrogens is 2. The van der Waals surface area contributed by atoms with Crippen molar-refractivity contribution >= 4 is 49.6 Å². The highest BCUT2D eigenvalue weighted by Gasteiger charge is 2.07. The van der Waals surface area contributed by atoms with Crippen LogP contribution in [0.1, 0.15) is 11.4 Å². The Balaban J connectivity index is 1.88. The summed E-state index contributed by atoms with van der Waals surface area (Å²) in [4.78, 5) is 20.0. The molecule has 3 aromatic rings. The predicted molar refractivity (Wildman–Crippen MR) is 106 cm³/mol. The molecule has 0 spiro atoms. The van der Waals surface area contributed by atoms with Gasteiger partial charge in [0.25, 0.3) is 5.56 Å². The lowest BCUT2D eigenvalue weighted by atomic mass is 10.2. The van der Waals surface area contributed by atoms with Crippen molar-refractivity contribution in [2.75, 3.05) is 13.7 Å². The van der Waals surface area contributed by atoms with Crippen molar-refractivity contribution in [2.45, 2.75) is 0 Å². The first-order chi connectivity index (χ1) is 12.1. The third-order valence-corrected chi connectivity index (χ3v) is 4.90. The van der Waals surface area contributed by atoms with Crippen molar-refractivity contribution in [3.8, 4) is 11.5 Å². The van der Waals surface area contributed by atoms with Gasteiger partial charge in [-0.2, -0.15) is 0 Å². The maximum absolute atomic E-state index is 12.1. The minimum Gasteiger partial charge on any atom is -0.493 e. The van der Waals surface area contributed by atoms with Crippen molar-refractivity contribution in [1.82, 2.24) is 9.97 Å². The molecule has 2 aromatic heterocycles. The molecule has 25 heavy (non-hydrogen) atoms. The average molecular weight is 419 g/mol. The lowest BCUT2D eigenvalue weighted by Crippen LogP contribution is -2.07. The Morgan fingerprint density at radius 1 is 1.32 bits per heavy atom.